The van der Waals surface area contributed by atoms with Gasteiger partial charge in [-0.3, -0.25) is 0 Å². The Kier molecular flexibility index (Phi) is 8.61. The van der Waals surface area contributed by atoms with Gasteiger partial charge in [-0.2, -0.15) is 0 Å². The van der Waals surface area contributed by atoms with Crippen LogP contribution in [0, 0.1) is 0 Å². The molecule has 0 bridgehead atoms. The Balaban J connectivity index is 1.27. The molecule has 0 aliphatic heterocycles. The molecule has 0 saturated heterocycles. The zero-order valence-electron chi connectivity index (χ0n) is 23.0. The first-order valence-electron chi connectivity index (χ1n) is 13.6. The molecule has 6 aromatic rings. The number of aliphatic hydroxyl groups is 1. The summed E-state index contributed by atoms with van der Waals surface area (Å²) in [6, 6.07) is 26.1. The van der Waals surface area contributed by atoms with Crippen LogP contribution in [0.25, 0.3) is 43.2 Å². The van der Waals surface area contributed by atoms with Gasteiger partial charge in [0.05, 0.1) is 43.3 Å². The second kappa shape index (κ2) is 13.0. The van der Waals surface area contributed by atoms with Crippen molar-refractivity contribution in [3.8, 4) is 28.0 Å². The predicted octanol–water partition coefficient (Wildman–Crippen LogP) is 4.08. The second-order valence-corrected chi connectivity index (χ2v) is 10.4. The molecule has 11 nitrogen and oxygen atoms in total. The quantitative estimate of drug-likeness (QED) is 0.149. The number of benzene rings is 4. The van der Waals surface area contributed by atoms with E-state index in [1.54, 1.807) is 21.7 Å². The summed E-state index contributed by atoms with van der Waals surface area (Å²) in [4.78, 5) is 19.6. The van der Waals surface area contributed by atoms with Crippen molar-refractivity contribution in [2.45, 2.75) is 0 Å². The molecule has 0 radical (unpaired) electrons. The van der Waals surface area contributed by atoms with Gasteiger partial charge in [0.15, 0.2) is 5.52 Å². The van der Waals surface area contributed by atoms with Gasteiger partial charge in [-0.1, -0.05) is 46.7 Å². The van der Waals surface area contributed by atoms with E-state index < -0.39 is 5.97 Å². The maximum atomic E-state index is 11.4. The smallest absolute Gasteiger partial charge is 0.365 e. The first-order valence-corrected chi connectivity index (χ1v) is 14.4. The lowest BCUT2D eigenvalue weighted by molar-refractivity contribution is -0.734. The number of hydrogen-bond donors (Lipinski definition) is 2. The zero-order valence-corrected chi connectivity index (χ0v) is 23.8. The van der Waals surface area contributed by atoms with Crippen LogP contribution >= 0.6 is 11.3 Å². The van der Waals surface area contributed by atoms with Gasteiger partial charge in [0.1, 0.15) is 18.0 Å². The molecule has 2 N–H and O–H groups in total. The largest absolute Gasteiger partial charge is 0.491 e. The number of aliphatic hydroxyl groups excluding tert-OH is 1. The van der Waals surface area contributed by atoms with Crippen LogP contribution in [0.4, 0.5) is 0 Å². The van der Waals surface area contributed by atoms with Crippen LogP contribution in [-0.4, -0.2) is 75.8 Å². The van der Waals surface area contributed by atoms with Gasteiger partial charge in [0, 0.05) is 16.0 Å². The fourth-order valence-corrected chi connectivity index (χ4v) is 5.39. The number of tetrazole rings is 1. The highest BCUT2D eigenvalue weighted by molar-refractivity contribution is 7.20. The van der Waals surface area contributed by atoms with Gasteiger partial charge >= 0.3 is 11.1 Å². The summed E-state index contributed by atoms with van der Waals surface area (Å²) in [5, 5.41) is 30.4. The summed E-state index contributed by atoms with van der Waals surface area (Å²) in [6.45, 7) is 1.94. The van der Waals surface area contributed by atoms with Crippen molar-refractivity contribution >= 4 is 38.3 Å². The average molecular weight is 599 g/mol. The molecule has 0 spiro atoms. The Bertz CT molecular complexity index is 1850. The van der Waals surface area contributed by atoms with E-state index in [-0.39, 0.29) is 12.2 Å². The van der Waals surface area contributed by atoms with Gasteiger partial charge in [0.2, 0.25) is 0 Å². The Hall–Kier alpha value is -4.75. The van der Waals surface area contributed by atoms with E-state index in [9.17, 15) is 9.90 Å². The maximum absolute atomic E-state index is 11.4. The van der Waals surface area contributed by atoms with Crippen LogP contribution in [0.15, 0.2) is 84.9 Å². The van der Waals surface area contributed by atoms with E-state index in [4.69, 9.17) is 34.5 Å². The zero-order chi connectivity index (χ0) is 29.6. The van der Waals surface area contributed by atoms with Crippen LogP contribution in [0.1, 0.15) is 10.4 Å². The minimum atomic E-state index is -1.00. The van der Waals surface area contributed by atoms with Crippen LogP contribution in [0.3, 0.4) is 0 Å². The van der Waals surface area contributed by atoms with E-state index >= 15 is 0 Å². The van der Waals surface area contributed by atoms with Crippen molar-refractivity contribution < 1.29 is 34.0 Å². The molecule has 0 atom stereocenters. The predicted molar refractivity (Wildman–Crippen MR) is 160 cm³/mol. The molecule has 12 heteroatoms. The highest BCUT2D eigenvalue weighted by Crippen LogP contribution is 2.29. The third kappa shape index (κ3) is 6.37. The lowest BCUT2D eigenvalue weighted by Crippen LogP contribution is -2.43. The molecule has 0 fully saturated rings. The van der Waals surface area contributed by atoms with Crippen LogP contribution in [-0.2, 0) is 9.47 Å². The Labute approximate surface area is 250 Å². The third-order valence-electron chi connectivity index (χ3n) is 6.56. The number of thiazole rings is 1. The summed E-state index contributed by atoms with van der Waals surface area (Å²) in [7, 11) is 0. The molecular weight excluding hydrogens is 570 g/mol. The second-order valence-electron chi connectivity index (χ2n) is 9.41. The number of carbonyl (C=O) groups is 1. The third-order valence-corrected chi connectivity index (χ3v) is 7.55. The SMILES string of the molecule is O=C(O)c1ccc(-n2nc(-c3ccc(OCCOCCOCCO)cc3)n[n+]2-c2nc3c(ccc4ccccc43)s2)cc1. The van der Waals surface area contributed by atoms with Crippen molar-refractivity contribution in [1.82, 2.24) is 20.0 Å². The van der Waals surface area contributed by atoms with Crippen LogP contribution < -0.4 is 9.53 Å². The number of hydrogen-bond acceptors (Lipinski definition) is 9. The van der Waals surface area contributed by atoms with Crippen molar-refractivity contribution in [3.05, 3.63) is 90.5 Å². The van der Waals surface area contributed by atoms with Crippen molar-refractivity contribution in [1.29, 1.82) is 0 Å². The van der Waals surface area contributed by atoms with Gasteiger partial charge < -0.3 is 24.4 Å². The van der Waals surface area contributed by atoms with Crippen molar-refractivity contribution in [3.63, 3.8) is 0 Å². The summed E-state index contributed by atoms with van der Waals surface area (Å²) >= 11 is 1.49. The van der Waals surface area contributed by atoms with Gasteiger partial charge in [-0.25, -0.2) is 4.79 Å². The number of nitrogens with zero attached hydrogens (tertiary/aromatic N) is 5. The van der Waals surface area contributed by atoms with E-state index in [2.05, 4.69) is 24.3 Å². The topological polar surface area (TPSA) is 133 Å². The maximum Gasteiger partial charge on any atom is 0.365 e. The fraction of sp³-hybridized carbons (Fsp3) is 0.194. The van der Waals surface area contributed by atoms with E-state index in [1.807, 2.05) is 36.4 Å². The summed E-state index contributed by atoms with van der Waals surface area (Å²) in [5.41, 5.74) is 2.46. The number of fused-ring (bicyclic) bond motifs is 3. The minimum absolute atomic E-state index is 0.00579. The standard InChI is InChI=1S/C31H27N5O6S/c37-15-16-40-17-18-41-19-20-42-25-12-7-22(8-13-25)29-33-35(24-10-5-23(6-11-24)30(38)39)36(34-29)31-32-28-26-4-2-1-3-21(26)9-14-27(28)43-31/h1-14,37H,15-20H2/p+1. The monoisotopic (exact) mass is 598 g/mol. The lowest BCUT2D eigenvalue weighted by atomic mass is 10.1. The fourth-order valence-electron chi connectivity index (χ4n) is 4.47. The van der Waals surface area contributed by atoms with E-state index in [0.717, 1.165) is 26.6 Å². The number of carboxylic acid groups (broad SMARTS) is 1. The van der Waals surface area contributed by atoms with Crippen LogP contribution in [0.2, 0.25) is 0 Å². The highest BCUT2D eigenvalue weighted by Gasteiger charge is 2.25. The van der Waals surface area contributed by atoms with Crippen LogP contribution in [0.5, 0.6) is 5.75 Å². The summed E-state index contributed by atoms with van der Waals surface area (Å²) in [5.74, 6) is 0.139. The Morgan fingerprint density at radius 1 is 0.860 bits per heavy atom. The number of rotatable bonds is 13. The van der Waals surface area contributed by atoms with E-state index in [0.29, 0.717) is 55.4 Å². The molecule has 218 valence electrons. The molecule has 0 amide bonds. The van der Waals surface area contributed by atoms with Crippen molar-refractivity contribution in [2.24, 2.45) is 0 Å². The normalized spacial score (nSPS) is 11.4. The molecule has 0 saturated carbocycles. The Morgan fingerprint density at radius 3 is 2.37 bits per heavy atom. The van der Waals surface area contributed by atoms with E-state index in [1.165, 1.54) is 23.5 Å². The number of aromatic carboxylic acids is 1. The molecule has 0 aliphatic rings. The molecule has 43 heavy (non-hydrogen) atoms. The lowest BCUT2D eigenvalue weighted by Gasteiger charge is -2.07. The number of ether oxygens (including phenoxy) is 3. The Morgan fingerprint density at radius 2 is 1.60 bits per heavy atom. The molecule has 2 aromatic heterocycles. The highest BCUT2D eigenvalue weighted by atomic mass is 32.1. The molecule has 4 aromatic carbocycles. The number of aromatic nitrogens is 5. The minimum Gasteiger partial charge on any atom is -0.491 e. The van der Waals surface area contributed by atoms with Crippen molar-refractivity contribution in [2.75, 3.05) is 39.6 Å². The van der Waals surface area contributed by atoms with Gasteiger partial charge in [-0.15, -0.1) is 0 Å². The first kappa shape index (κ1) is 28.4. The first-order chi connectivity index (χ1) is 21.1. The van der Waals surface area contributed by atoms with Gasteiger partial charge in [-0.05, 0) is 74.7 Å². The molecule has 2 heterocycles. The molecule has 0 unspecified atom stereocenters. The average Bonchev–Trinajstić information content (AvgIpc) is 3.68. The summed E-state index contributed by atoms with van der Waals surface area (Å²) in [6.07, 6.45) is 0. The molecule has 6 rings (SSSR count). The summed E-state index contributed by atoms with van der Waals surface area (Å²) < 4.78 is 17.4. The molecular formula is C31H28N5O6S+. The number of carboxylic acids is 1. The molecule has 0 aliphatic carbocycles. The van der Waals surface area contributed by atoms with Gasteiger partial charge in [0.25, 0.3) is 5.82 Å².